The minimum Gasteiger partial charge on any atom is -0.490 e. The number of rotatable bonds is 7. The van der Waals surface area contributed by atoms with Gasteiger partial charge in [0.1, 0.15) is 16.5 Å². The van der Waals surface area contributed by atoms with E-state index in [4.69, 9.17) is 14.1 Å². The molecule has 1 atom stereocenters. The number of thiophene rings is 1. The molecule has 38 heavy (non-hydrogen) atoms. The number of nitrogens with one attached hydrogen (secondary N) is 1. The number of carbonyl (C=O) groups is 1. The first-order valence-corrected chi connectivity index (χ1v) is 14.2. The van der Waals surface area contributed by atoms with Crippen LogP contribution in [-0.2, 0) is 19.4 Å². The normalized spacial score (nSPS) is 15.8. The van der Waals surface area contributed by atoms with Gasteiger partial charge in [-0.15, -0.1) is 11.3 Å². The highest BCUT2D eigenvalue weighted by atomic mass is 32.1. The summed E-state index contributed by atoms with van der Waals surface area (Å²) in [6.07, 6.45) is 6.48. The Morgan fingerprint density at radius 2 is 2.00 bits per heavy atom. The number of aliphatic imine (C=N–C) groups is 1. The largest absolute Gasteiger partial charge is 0.490 e. The molecule has 2 aromatic heterocycles. The fourth-order valence-corrected chi connectivity index (χ4v) is 6.46. The number of hydrogen-bond donors (Lipinski definition) is 1. The molecular formula is C32H36N2O3S. The molecule has 198 valence electrons. The van der Waals surface area contributed by atoms with Gasteiger partial charge in [0.2, 0.25) is 0 Å². The first kappa shape index (κ1) is 26.2. The van der Waals surface area contributed by atoms with Crippen molar-refractivity contribution >= 4 is 39.2 Å². The molecule has 4 aromatic rings. The van der Waals surface area contributed by atoms with E-state index < -0.39 is 0 Å². The standard InChI is InChI=1S/C32H36N2O3S/c1-20(2)37-27-15-12-21-9-6-7-11-24(21)26(27)19-34-31-29(30(35)33-18-23-10-8-16-36-23)25-14-13-22(32(3,4)5)17-28(25)38-31/h6-12,15-16,19-20,22H,13-14,17-18H2,1-5H3,(H,33,35)/t22-/m0/s1. The van der Waals surface area contributed by atoms with Crippen LogP contribution in [0, 0.1) is 11.3 Å². The quantitative estimate of drug-likeness (QED) is 0.246. The highest BCUT2D eigenvalue weighted by molar-refractivity contribution is 7.16. The highest BCUT2D eigenvalue weighted by Crippen LogP contribution is 2.45. The first-order valence-electron chi connectivity index (χ1n) is 13.4. The molecular weight excluding hydrogens is 492 g/mol. The highest BCUT2D eigenvalue weighted by Gasteiger charge is 2.33. The van der Waals surface area contributed by atoms with Gasteiger partial charge < -0.3 is 14.5 Å². The van der Waals surface area contributed by atoms with Gasteiger partial charge in [0, 0.05) is 16.7 Å². The molecule has 1 N–H and O–H groups in total. The number of nitrogens with zero attached hydrogens (tertiary/aromatic N) is 1. The number of benzene rings is 2. The lowest BCUT2D eigenvalue weighted by Crippen LogP contribution is -2.28. The SMILES string of the molecule is CC(C)Oc1ccc2ccccc2c1C=Nc1sc2c(c1C(=O)NCc1ccco1)CC[C@H](C(C)(C)C)C2. The number of fused-ring (bicyclic) bond motifs is 2. The van der Waals surface area contributed by atoms with Crippen LogP contribution in [0.5, 0.6) is 5.75 Å². The van der Waals surface area contributed by atoms with E-state index in [1.54, 1.807) is 17.6 Å². The summed E-state index contributed by atoms with van der Waals surface area (Å²) in [4.78, 5) is 19.8. The summed E-state index contributed by atoms with van der Waals surface area (Å²) in [6, 6.07) is 16.0. The molecule has 0 unspecified atom stereocenters. The lowest BCUT2D eigenvalue weighted by atomic mass is 9.72. The zero-order valence-corrected chi connectivity index (χ0v) is 23.7. The topological polar surface area (TPSA) is 63.8 Å². The summed E-state index contributed by atoms with van der Waals surface area (Å²) in [5, 5.41) is 6.02. The van der Waals surface area contributed by atoms with Gasteiger partial charge in [0.25, 0.3) is 5.91 Å². The Bertz CT molecular complexity index is 1460. The molecule has 0 saturated carbocycles. The molecule has 6 heteroatoms. The van der Waals surface area contributed by atoms with E-state index in [0.29, 0.717) is 18.0 Å². The molecule has 1 amide bonds. The molecule has 5 rings (SSSR count). The van der Waals surface area contributed by atoms with Gasteiger partial charge in [0.05, 0.1) is 24.5 Å². The first-order chi connectivity index (χ1) is 18.2. The van der Waals surface area contributed by atoms with E-state index in [-0.39, 0.29) is 17.4 Å². The summed E-state index contributed by atoms with van der Waals surface area (Å²) in [5.74, 6) is 2.00. The average Bonchev–Trinajstić information content (AvgIpc) is 3.53. The fraction of sp³-hybridized carbons (Fsp3) is 0.375. The summed E-state index contributed by atoms with van der Waals surface area (Å²) in [6.45, 7) is 11.3. The number of carbonyl (C=O) groups excluding carboxylic acids is 1. The van der Waals surface area contributed by atoms with E-state index in [2.05, 4.69) is 44.3 Å². The van der Waals surface area contributed by atoms with Crippen molar-refractivity contribution in [2.45, 2.75) is 66.5 Å². The van der Waals surface area contributed by atoms with Crippen LogP contribution < -0.4 is 10.1 Å². The maximum Gasteiger partial charge on any atom is 0.255 e. The predicted octanol–water partition coefficient (Wildman–Crippen LogP) is 8.11. The molecule has 0 saturated heterocycles. The van der Waals surface area contributed by atoms with Crippen molar-refractivity contribution < 1.29 is 13.9 Å². The van der Waals surface area contributed by atoms with E-state index in [0.717, 1.165) is 57.7 Å². The molecule has 0 fully saturated rings. The van der Waals surface area contributed by atoms with Crippen molar-refractivity contribution in [3.63, 3.8) is 0 Å². The smallest absolute Gasteiger partial charge is 0.255 e. The van der Waals surface area contributed by atoms with E-state index in [1.807, 2.05) is 50.4 Å². The average molecular weight is 529 g/mol. The van der Waals surface area contributed by atoms with Crippen LogP contribution in [0.2, 0.25) is 0 Å². The second-order valence-electron chi connectivity index (χ2n) is 11.4. The molecule has 5 nitrogen and oxygen atoms in total. The van der Waals surface area contributed by atoms with Crippen LogP contribution in [-0.4, -0.2) is 18.2 Å². The van der Waals surface area contributed by atoms with Crippen LogP contribution in [0.3, 0.4) is 0 Å². The Morgan fingerprint density at radius 3 is 2.74 bits per heavy atom. The Labute approximate surface area is 228 Å². The number of ether oxygens (including phenoxy) is 1. The summed E-state index contributed by atoms with van der Waals surface area (Å²) in [5.41, 5.74) is 3.00. The van der Waals surface area contributed by atoms with Gasteiger partial charge in [-0.1, -0.05) is 51.1 Å². The van der Waals surface area contributed by atoms with Crippen molar-refractivity contribution in [2.24, 2.45) is 16.3 Å². The minimum atomic E-state index is -0.100. The maximum absolute atomic E-state index is 13.6. The predicted molar refractivity (Wildman–Crippen MR) is 156 cm³/mol. The Morgan fingerprint density at radius 1 is 1.18 bits per heavy atom. The van der Waals surface area contributed by atoms with Gasteiger partial charge in [-0.25, -0.2) is 4.99 Å². The van der Waals surface area contributed by atoms with Crippen LogP contribution in [0.15, 0.2) is 64.2 Å². The Hall–Kier alpha value is -3.38. The summed E-state index contributed by atoms with van der Waals surface area (Å²) in [7, 11) is 0. The third-order valence-electron chi connectivity index (χ3n) is 7.31. The zero-order chi connectivity index (χ0) is 26.9. The fourth-order valence-electron chi connectivity index (χ4n) is 5.19. The summed E-state index contributed by atoms with van der Waals surface area (Å²) < 4.78 is 11.6. The van der Waals surface area contributed by atoms with Gasteiger partial charge in [-0.2, -0.15) is 0 Å². The molecule has 0 bridgehead atoms. The second kappa shape index (κ2) is 10.8. The van der Waals surface area contributed by atoms with Crippen molar-refractivity contribution in [3.8, 4) is 5.75 Å². The van der Waals surface area contributed by atoms with Gasteiger partial charge in [-0.3, -0.25) is 4.79 Å². The molecule has 1 aliphatic rings. The second-order valence-corrected chi connectivity index (χ2v) is 12.5. The molecule has 0 radical (unpaired) electrons. The van der Waals surface area contributed by atoms with Gasteiger partial charge in [-0.05, 0) is 79.0 Å². The molecule has 1 aliphatic carbocycles. The van der Waals surface area contributed by atoms with Gasteiger partial charge >= 0.3 is 0 Å². The molecule has 2 heterocycles. The zero-order valence-electron chi connectivity index (χ0n) is 22.8. The van der Waals surface area contributed by atoms with Crippen molar-refractivity contribution in [1.82, 2.24) is 5.32 Å². The third-order valence-corrected chi connectivity index (χ3v) is 8.47. The van der Waals surface area contributed by atoms with Crippen LogP contribution in [0.4, 0.5) is 5.00 Å². The van der Waals surface area contributed by atoms with Crippen LogP contribution >= 0.6 is 11.3 Å². The van der Waals surface area contributed by atoms with E-state index in [1.165, 1.54) is 4.88 Å². The lowest BCUT2D eigenvalue weighted by molar-refractivity contribution is 0.0947. The molecule has 0 aliphatic heterocycles. The van der Waals surface area contributed by atoms with Crippen molar-refractivity contribution in [3.05, 3.63) is 82.1 Å². The Balaban J connectivity index is 1.55. The lowest BCUT2D eigenvalue weighted by Gasteiger charge is -2.33. The Kier molecular flexibility index (Phi) is 7.44. The minimum absolute atomic E-state index is 0.0367. The number of amides is 1. The van der Waals surface area contributed by atoms with Gasteiger partial charge in [0.15, 0.2) is 0 Å². The monoisotopic (exact) mass is 528 g/mol. The van der Waals surface area contributed by atoms with Crippen LogP contribution in [0.25, 0.3) is 10.8 Å². The van der Waals surface area contributed by atoms with Crippen LogP contribution in [0.1, 0.15) is 73.2 Å². The summed E-state index contributed by atoms with van der Waals surface area (Å²) >= 11 is 1.65. The van der Waals surface area contributed by atoms with E-state index >= 15 is 0 Å². The maximum atomic E-state index is 13.6. The van der Waals surface area contributed by atoms with Crippen molar-refractivity contribution in [2.75, 3.05) is 0 Å². The van der Waals surface area contributed by atoms with E-state index in [9.17, 15) is 4.79 Å². The third kappa shape index (κ3) is 5.56. The number of hydrogen-bond acceptors (Lipinski definition) is 5. The number of furan rings is 1. The van der Waals surface area contributed by atoms with Crippen molar-refractivity contribution in [1.29, 1.82) is 0 Å². The molecule has 0 spiro atoms. The molecule has 2 aromatic carbocycles.